The minimum atomic E-state index is 0.362. The second-order valence-electron chi connectivity index (χ2n) is 7.22. The second-order valence-corrected chi connectivity index (χ2v) is 8.10. The number of benzene rings is 1. The molecule has 1 amide bonds. The standard InChI is InChI=1S/C20H30N2OS/c1-24-19-9-7-18(8-10-19)15-21-12-11-20(23)22(14-13-21)16-17-5-3-2-4-6-17/h7-10,17H,2-6,11-16H2,1H3. The molecule has 0 radical (unpaired) electrons. The molecule has 132 valence electrons. The quantitative estimate of drug-likeness (QED) is 0.752. The van der Waals surface area contributed by atoms with E-state index in [-0.39, 0.29) is 0 Å². The highest BCUT2D eigenvalue weighted by Crippen LogP contribution is 2.25. The van der Waals surface area contributed by atoms with Gasteiger partial charge in [-0.3, -0.25) is 9.69 Å². The van der Waals surface area contributed by atoms with Crippen LogP contribution in [-0.4, -0.2) is 48.1 Å². The normalized spacial score (nSPS) is 21.0. The Hall–Kier alpha value is -1.00. The fourth-order valence-corrected chi connectivity index (χ4v) is 4.34. The fourth-order valence-electron chi connectivity index (χ4n) is 3.93. The topological polar surface area (TPSA) is 23.6 Å². The van der Waals surface area contributed by atoms with Crippen LogP contribution >= 0.6 is 11.8 Å². The van der Waals surface area contributed by atoms with Gasteiger partial charge < -0.3 is 4.90 Å². The molecular formula is C20H30N2OS. The molecule has 0 atom stereocenters. The maximum atomic E-state index is 12.5. The van der Waals surface area contributed by atoms with Crippen LogP contribution in [0.2, 0.25) is 0 Å². The second kappa shape index (κ2) is 8.91. The minimum Gasteiger partial charge on any atom is -0.341 e. The van der Waals surface area contributed by atoms with Crippen molar-refractivity contribution in [2.24, 2.45) is 5.92 Å². The van der Waals surface area contributed by atoms with Crippen LogP contribution in [0.4, 0.5) is 0 Å². The highest BCUT2D eigenvalue weighted by atomic mass is 32.2. The summed E-state index contributed by atoms with van der Waals surface area (Å²) in [4.78, 5) is 18.4. The van der Waals surface area contributed by atoms with Gasteiger partial charge in [-0.1, -0.05) is 31.4 Å². The summed E-state index contributed by atoms with van der Waals surface area (Å²) < 4.78 is 0. The summed E-state index contributed by atoms with van der Waals surface area (Å²) in [6.07, 6.45) is 9.50. The molecule has 1 aliphatic carbocycles. The van der Waals surface area contributed by atoms with E-state index in [1.165, 1.54) is 42.6 Å². The number of amides is 1. The molecule has 1 heterocycles. The SMILES string of the molecule is CSc1ccc(CN2CCC(=O)N(CC3CCCCC3)CC2)cc1. The first-order valence-electron chi connectivity index (χ1n) is 9.37. The lowest BCUT2D eigenvalue weighted by atomic mass is 9.89. The lowest BCUT2D eigenvalue weighted by Crippen LogP contribution is -2.37. The number of carbonyl (C=O) groups is 1. The third-order valence-electron chi connectivity index (χ3n) is 5.45. The zero-order valence-corrected chi connectivity index (χ0v) is 15.7. The molecule has 0 unspecified atom stereocenters. The lowest BCUT2D eigenvalue weighted by molar-refractivity contribution is -0.131. The van der Waals surface area contributed by atoms with E-state index in [2.05, 4.69) is 40.3 Å². The molecule has 2 fully saturated rings. The van der Waals surface area contributed by atoms with Gasteiger partial charge in [-0.25, -0.2) is 0 Å². The van der Waals surface area contributed by atoms with Crippen molar-refractivity contribution < 1.29 is 4.79 Å². The van der Waals surface area contributed by atoms with Crippen molar-refractivity contribution in [1.82, 2.24) is 9.80 Å². The third-order valence-corrected chi connectivity index (χ3v) is 6.19. The molecule has 3 rings (SSSR count). The van der Waals surface area contributed by atoms with E-state index in [4.69, 9.17) is 0 Å². The predicted octanol–water partition coefficient (Wildman–Crippen LogP) is 4.02. The number of rotatable bonds is 5. The van der Waals surface area contributed by atoms with Crippen molar-refractivity contribution >= 4 is 17.7 Å². The predicted molar refractivity (Wildman–Crippen MR) is 101 cm³/mol. The van der Waals surface area contributed by atoms with Crippen molar-refractivity contribution in [2.45, 2.75) is 50.0 Å². The van der Waals surface area contributed by atoms with Crippen molar-refractivity contribution in [1.29, 1.82) is 0 Å². The average molecular weight is 347 g/mol. The van der Waals surface area contributed by atoms with Crippen LogP contribution < -0.4 is 0 Å². The number of carbonyl (C=O) groups excluding carboxylic acids is 1. The molecule has 0 N–H and O–H groups in total. The summed E-state index contributed by atoms with van der Waals surface area (Å²) in [5.41, 5.74) is 1.35. The Bertz CT molecular complexity index is 525. The van der Waals surface area contributed by atoms with E-state index in [9.17, 15) is 4.79 Å². The average Bonchev–Trinajstić information content (AvgIpc) is 2.79. The van der Waals surface area contributed by atoms with Gasteiger partial charge in [0, 0.05) is 44.0 Å². The summed E-state index contributed by atoms with van der Waals surface area (Å²) >= 11 is 1.78. The Balaban J connectivity index is 1.52. The molecule has 4 heteroatoms. The largest absolute Gasteiger partial charge is 0.341 e. The molecule has 1 aliphatic heterocycles. The van der Waals surface area contributed by atoms with Gasteiger partial charge in [0.1, 0.15) is 0 Å². The van der Waals surface area contributed by atoms with Gasteiger partial charge in [0.2, 0.25) is 5.91 Å². The third kappa shape index (κ3) is 5.00. The Labute approximate surface area is 150 Å². The highest BCUT2D eigenvalue weighted by Gasteiger charge is 2.24. The van der Waals surface area contributed by atoms with Crippen molar-refractivity contribution in [3.05, 3.63) is 29.8 Å². The summed E-state index contributed by atoms with van der Waals surface area (Å²) in [5, 5.41) is 0. The summed E-state index contributed by atoms with van der Waals surface area (Å²) in [5.74, 6) is 1.11. The van der Waals surface area contributed by atoms with E-state index in [1.807, 2.05) is 0 Å². The van der Waals surface area contributed by atoms with Gasteiger partial charge in [-0.2, -0.15) is 0 Å². The van der Waals surface area contributed by atoms with Crippen LogP contribution in [0.15, 0.2) is 29.2 Å². The monoisotopic (exact) mass is 346 g/mol. The molecule has 24 heavy (non-hydrogen) atoms. The van der Waals surface area contributed by atoms with Crippen LogP contribution in [0.5, 0.6) is 0 Å². The van der Waals surface area contributed by atoms with Gasteiger partial charge in [0.05, 0.1) is 0 Å². The zero-order valence-electron chi connectivity index (χ0n) is 14.9. The maximum absolute atomic E-state index is 12.5. The minimum absolute atomic E-state index is 0.362. The van der Waals surface area contributed by atoms with Crippen LogP contribution in [-0.2, 0) is 11.3 Å². The van der Waals surface area contributed by atoms with Crippen LogP contribution in [0.1, 0.15) is 44.1 Å². The van der Waals surface area contributed by atoms with E-state index in [0.717, 1.165) is 38.6 Å². The van der Waals surface area contributed by atoms with Crippen molar-refractivity contribution in [3.8, 4) is 0 Å². The van der Waals surface area contributed by atoms with Gasteiger partial charge in [0.15, 0.2) is 0 Å². The molecular weight excluding hydrogens is 316 g/mol. The summed E-state index contributed by atoms with van der Waals surface area (Å²) in [6, 6.07) is 8.83. The molecule has 0 bridgehead atoms. The van der Waals surface area contributed by atoms with Gasteiger partial charge in [-0.05, 0) is 42.7 Å². The zero-order chi connectivity index (χ0) is 16.8. The summed E-state index contributed by atoms with van der Waals surface area (Å²) in [6.45, 7) is 4.75. The lowest BCUT2D eigenvalue weighted by Gasteiger charge is -2.29. The highest BCUT2D eigenvalue weighted by molar-refractivity contribution is 7.98. The van der Waals surface area contributed by atoms with Gasteiger partial charge in [-0.15, -0.1) is 11.8 Å². The molecule has 1 saturated heterocycles. The van der Waals surface area contributed by atoms with Crippen LogP contribution in [0, 0.1) is 5.92 Å². The molecule has 1 aromatic rings. The van der Waals surface area contributed by atoms with Gasteiger partial charge >= 0.3 is 0 Å². The van der Waals surface area contributed by atoms with Crippen molar-refractivity contribution in [3.63, 3.8) is 0 Å². The molecule has 1 aromatic carbocycles. The van der Waals surface area contributed by atoms with E-state index in [0.29, 0.717) is 12.3 Å². The molecule has 3 nitrogen and oxygen atoms in total. The molecule has 1 saturated carbocycles. The van der Waals surface area contributed by atoms with Crippen LogP contribution in [0.25, 0.3) is 0 Å². The van der Waals surface area contributed by atoms with Gasteiger partial charge in [0.25, 0.3) is 0 Å². The number of hydrogen-bond acceptors (Lipinski definition) is 3. The molecule has 0 aromatic heterocycles. The number of thioether (sulfide) groups is 1. The Kier molecular flexibility index (Phi) is 6.61. The number of hydrogen-bond donors (Lipinski definition) is 0. The first-order chi connectivity index (χ1) is 11.7. The first-order valence-corrected chi connectivity index (χ1v) is 10.6. The molecule has 2 aliphatic rings. The van der Waals surface area contributed by atoms with Crippen LogP contribution in [0.3, 0.4) is 0 Å². The van der Waals surface area contributed by atoms with E-state index >= 15 is 0 Å². The van der Waals surface area contributed by atoms with E-state index < -0.39 is 0 Å². The Morgan fingerprint density at radius 1 is 1.04 bits per heavy atom. The molecule has 0 spiro atoms. The fraction of sp³-hybridized carbons (Fsp3) is 0.650. The number of nitrogens with zero attached hydrogens (tertiary/aromatic N) is 2. The van der Waals surface area contributed by atoms with E-state index in [1.54, 1.807) is 11.8 Å². The van der Waals surface area contributed by atoms with Crippen molar-refractivity contribution in [2.75, 3.05) is 32.4 Å². The Morgan fingerprint density at radius 2 is 1.79 bits per heavy atom. The maximum Gasteiger partial charge on any atom is 0.223 e. The smallest absolute Gasteiger partial charge is 0.223 e. The Morgan fingerprint density at radius 3 is 2.50 bits per heavy atom. The summed E-state index contributed by atoms with van der Waals surface area (Å²) in [7, 11) is 0. The first kappa shape index (κ1) is 17.8.